The van der Waals surface area contributed by atoms with Gasteiger partial charge in [0, 0.05) is 56.2 Å². The number of nitrogens with one attached hydrogen (secondary N) is 7. The fraction of sp³-hybridized carbons (Fsp3) is 0.500. The number of nitrogens with zero attached hydrogens (tertiary/aromatic N) is 3. The molecule has 0 aromatic carbocycles. The zero-order valence-electron chi connectivity index (χ0n) is 22.6. The summed E-state index contributed by atoms with van der Waals surface area (Å²) in [7, 11) is -4.22. The zero-order chi connectivity index (χ0) is 30.4. The molecule has 8 N–H and O–H groups in total. The molecule has 0 saturated carbocycles. The molecule has 2 aromatic rings. The van der Waals surface area contributed by atoms with Gasteiger partial charge in [0.2, 0.25) is 17.8 Å². The number of H-pyrrole nitrogens is 2. The molecule has 0 saturated heterocycles. The van der Waals surface area contributed by atoms with E-state index in [1.165, 1.54) is 12.1 Å². The van der Waals surface area contributed by atoms with E-state index in [2.05, 4.69) is 46.5 Å². The van der Waals surface area contributed by atoms with Crippen molar-refractivity contribution in [1.29, 1.82) is 0 Å². The van der Waals surface area contributed by atoms with Crippen LogP contribution < -0.4 is 37.7 Å². The smallest absolute Gasteiger partial charge is 0.321 e. The molecule has 2 aromatic heterocycles. The molecule has 18 nitrogen and oxygen atoms in total. The first kappa shape index (κ1) is 32.8. The standard InChI is InChI=1S/C22H34N10O8S/c1-14-11-16(33)28-19(26-14)30-21(36)24-5-3-8-32(13-18(35)23-7-10-41(38,39)40)9-4-6-25-22(37)31-20-27-15(2)12-17(34)29-20/h11-12H,3-10,13H2,1-2H3,(H,23,35)(H,38,39,40)(H3,24,26,28,30,33,36)(H3,25,27,29,31,34,37). The number of rotatable bonds is 15. The van der Waals surface area contributed by atoms with Crippen molar-refractivity contribution in [3.05, 3.63) is 44.2 Å². The highest BCUT2D eigenvalue weighted by Gasteiger charge is 2.13. The molecule has 0 aliphatic carbocycles. The van der Waals surface area contributed by atoms with Crippen molar-refractivity contribution < 1.29 is 27.4 Å². The van der Waals surface area contributed by atoms with Crippen LogP contribution in [0.15, 0.2) is 21.7 Å². The lowest BCUT2D eigenvalue weighted by Gasteiger charge is -2.22. The Balaban J connectivity index is 1.81. The van der Waals surface area contributed by atoms with Crippen molar-refractivity contribution in [2.45, 2.75) is 26.7 Å². The van der Waals surface area contributed by atoms with Gasteiger partial charge in [-0.25, -0.2) is 9.59 Å². The lowest BCUT2D eigenvalue weighted by Crippen LogP contribution is -2.41. The largest absolute Gasteiger partial charge is 0.354 e. The maximum absolute atomic E-state index is 12.3. The maximum atomic E-state index is 12.3. The van der Waals surface area contributed by atoms with Gasteiger partial charge in [-0.2, -0.15) is 18.4 Å². The van der Waals surface area contributed by atoms with Crippen LogP contribution in [-0.2, 0) is 14.9 Å². The van der Waals surface area contributed by atoms with E-state index in [0.29, 0.717) is 37.3 Å². The highest BCUT2D eigenvalue weighted by Crippen LogP contribution is 1.98. The second kappa shape index (κ2) is 16.0. The number of carbonyl (C=O) groups excluding carboxylic acids is 3. The van der Waals surface area contributed by atoms with Crippen molar-refractivity contribution in [3.63, 3.8) is 0 Å². The van der Waals surface area contributed by atoms with Crippen LogP contribution in [0.25, 0.3) is 0 Å². The predicted molar refractivity (Wildman–Crippen MR) is 148 cm³/mol. The first-order chi connectivity index (χ1) is 19.3. The average molecular weight is 599 g/mol. The van der Waals surface area contributed by atoms with Crippen LogP contribution >= 0.6 is 0 Å². The van der Waals surface area contributed by atoms with Gasteiger partial charge < -0.3 is 25.9 Å². The normalized spacial score (nSPS) is 11.1. The molecule has 41 heavy (non-hydrogen) atoms. The van der Waals surface area contributed by atoms with E-state index in [9.17, 15) is 32.4 Å². The highest BCUT2D eigenvalue weighted by molar-refractivity contribution is 7.85. The molecule has 2 rings (SSSR count). The van der Waals surface area contributed by atoms with Gasteiger partial charge >= 0.3 is 12.1 Å². The van der Waals surface area contributed by atoms with E-state index in [1.54, 1.807) is 18.7 Å². The maximum Gasteiger partial charge on any atom is 0.321 e. The van der Waals surface area contributed by atoms with Crippen LogP contribution in [0.4, 0.5) is 21.5 Å². The van der Waals surface area contributed by atoms with Crippen molar-refractivity contribution in [1.82, 2.24) is 40.8 Å². The van der Waals surface area contributed by atoms with Gasteiger partial charge in [0.05, 0.1) is 12.3 Å². The Bertz CT molecular complexity index is 1340. The fourth-order valence-electron chi connectivity index (χ4n) is 3.44. The first-order valence-corrected chi connectivity index (χ1v) is 14.1. The number of anilines is 2. The van der Waals surface area contributed by atoms with Crippen molar-refractivity contribution in [2.75, 3.05) is 55.7 Å². The topological polar surface area (TPSA) is 260 Å². The van der Waals surface area contributed by atoms with E-state index in [0.717, 1.165) is 0 Å². The first-order valence-electron chi connectivity index (χ1n) is 12.5. The quantitative estimate of drug-likeness (QED) is 0.0864. The molecular weight excluding hydrogens is 564 g/mol. The number of amides is 5. The van der Waals surface area contributed by atoms with Crippen molar-refractivity contribution in [2.24, 2.45) is 0 Å². The summed E-state index contributed by atoms with van der Waals surface area (Å²) in [4.78, 5) is 73.9. The molecule has 0 atom stereocenters. The molecule has 226 valence electrons. The predicted octanol–water partition coefficient (Wildman–Crippen LogP) is -1.50. The molecule has 0 aliphatic rings. The summed E-state index contributed by atoms with van der Waals surface area (Å²) >= 11 is 0. The second-order valence-electron chi connectivity index (χ2n) is 8.88. The third kappa shape index (κ3) is 14.6. The molecule has 0 spiro atoms. The Morgan fingerprint density at radius 2 is 1.29 bits per heavy atom. The number of aromatic amines is 2. The minimum Gasteiger partial charge on any atom is -0.354 e. The van der Waals surface area contributed by atoms with Crippen LogP contribution in [0.2, 0.25) is 0 Å². The van der Waals surface area contributed by atoms with Gasteiger partial charge in [-0.1, -0.05) is 0 Å². The number of aryl methyl sites for hydroxylation is 2. The summed E-state index contributed by atoms with van der Waals surface area (Å²) in [6.07, 6.45) is 0.841. The number of urea groups is 2. The van der Waals surface area contributed by atoms with Gasteiger partial charge in [-0.3, -0.25) is 34.5 Å². The molecule has 19 heteroatoms. The number of hydrogen-bond donors (Lipinski definition) is 8. The highest BCUT2D eigenvalue weighted by atomic mass is 32.2. The summed E-state index contributed by atoms with van der Waals surface area (Å²) < 4.78 is 30.5. The fourth-order valence-corrected chi connectivity index (χ4v) is 3.80. The Morgan fingerprint density at radius 1 is 0.829 bits per heavy atom. The molecule has 0 bridgehead atoms. The summed E-state index contributed by atoms with van der Waals surface area (Å²) in [6.45, 7) is 4.05. The van der Waals surface area contributed by atoms with Crippen molar-refractivity contribution >= 4 is 40.0 Å². The van der Waals surface area contributed by atoms with Crippen LogP contribution in [0.3, 0.4) is 0 Å². The summed E-state index contributed by atoms with van der Waals surface area (Å²) in [6, 6.07) is 1.38. The molecule has 2 heterocycles. The van der Waals surface area contributed by atoms with Crippen LogP contribution in [0.1, 0.15) is 24.2 Å². The van der Waals surface area contributed by atoms with E-state index >= 15 is 0 Å². The van der Waals surface area contributed by atoms with Gasteiger partial charge in [0.1, 0.15) is 0 Å². The molecule has 0 aliphatic heterocycles. The van der Waals surface area contributed by atoms with Gasteiger partial charge in [0.15, 0.2) is 0 Å². The third-order valence-electron chi connectivity index (χ3n) is 5.14. The average Bonchev–Trinajstić information content (AvgIpc) is 2.82. The van der Waals surface area contributed by atoms with Crippen molar-refractivity contribution in [3.8, 4) is 0 Å². The summed E-state index contributed by atoms with van der Waals surface area (Å²) in [5.41, 5.74) is 0.0469. The minimum atomic E-state index is -4.22. The Morgan fingerprint density at radius 3 is 1.71 bits per heavy atom. The third-order valence-corrected chi connectivity index (χ3v) is 5.86. The number of aromatic nitrogens is 4. The van der Waals surface area contributed by atoms with E-state index in [-0.39, 0.29) is 38.1 Å². The van der Waals surface area contributed by atoms with Crippen LogP contribution in [0, 0.1) is 13.8 Å². The lowest BCUT2D eigenvalue weighted by atomic mass is 10.3. The van der Waals surface area contributed by atoms with E-state index in [1.807, 2.05) is 0 Å². The van der Waals surface area contributed by atoms with Crippen LogP contribution in [0.5, 0.6) is 0 Å². The SMILES string of the molecule is Cc1cc(=O)nc(NC(=O)NCCCN(CCCNC(=O)Nc2nc(=O)cc(C)[nH]2)CC(=O)NCCS(=O)(=O)O)[nH]1. The van der Waals surface area contributed by atoms with E-state index in [4.69, 9.17) is 4.55 Å². The molecule has 5 amide bonds. The lowest BCUT2D eigenvalue weighted by molar-refractivity contribution is -0.122. The summed E-state index contributed by atoms with van der Waals surface area (Å²) in [5.74, 6) is -1.11. The zero-order valence-corrected chi connectivity index (χ0v) is 23.4. The number of carbonyl (C=O) groups is 3. The second-order valence-corrected chi connectivity index (χ2v) is 10.5. The van der Waals surface area contributed by atoms with Gasteiger partial charge in [-0.05, 0) is 26.7 Å². The Kier molecular flexibility index (Phi) is 12.8. The minimum absolute atomic E-state index is 0.00299. The number of hydrogen-bond acceptors (Lipinski definition) is 10. The molecular formula is C22H34N10O8S. The van der Waals surface area contributed by atoms with Gasteiger partial charge in [0.25, 0.3) is 21.2 Å². The Labute approximate surface area is 234 Å². The molecule has 0 radical (unpaired) electrons. The monoisotopic (exact) mass is 598 g/mol. The van der Waals surface area contributed by atoms with E-state index < -0.39 is 45.0 Å². The van der Waals surface area contributed by atoms with Gasteiger partial charge in [-0.15, -0.1) is 0 Å². The molecule has 0 fully saturated rings. The summed E-state index contributed by atoms with van der Waals surface area (Å²) in [5, 5.41) is 12.5. The Hall–Kier alpha value is -4.36. The van der Waals surface area contributed by atoms with Crippen LogP contribution in [-0.4, -0.2) is 101 Å². The molecule has 0 unspecified atom stereocenters.